The molecule has 1 aromatic heterocycles. The van der Waals surface area contributed by atoms with Gasteiger partial charge in [-0.2, -0.15) is 0 Å². The predicted molar refractivity (Wildman–Crippen MR) is 84.3 cm³/mol. The standard InChI is InChI=1S/C15H22N2O9/c1-6-3-17(15(23)16-13(6)22)10-2-8(9(4-18)25-10)26-14-12(21)11(20)7(19)5-24-14/h3,7-12,14,18-21H,2,4-5H2,1H3,(H,16,22,23)/t7-,8+,9-,10-,11-,12-,14+/m1/s1. The molecule has 3 rings (SSSR count). The predicted octanol–water partition coefficient (Wildman–Crippen LogP) is -3.05. The highest BCUT2D eigenvalue weighted by atomic mass is 16.7. The third-order valence-corrected chi connectivity index (χ3v) is 4.58. The van der Waals surface area contributed by atoms with Crippen LogP contribution in [0.15, 0.2) is 15.8 Å². The Hall–Kier alpha value is -1.60. The minimum Gasteiger partial charge on any atom is -0.394 e. The number of hydrogen-bond acceptors (Lipinski definition) is 9. The number of rotatable bonds is 4. The molecule has 0 amide bonds. The molecule has 2 aliphatic heterocycles. The molecule has 0 radical (unpaired) electrons. The van der Waals surface area contributed by atoms with Gasteiger partial charge in [0.1, 0.15) is 30.6 Å². The van der Waals surface area contributed by atoms with Crippen LogP contribution in [0, 0.1) is 6.92 Å². The summed E-state index contributed by atoms with van der Waals surface area (Å²) in [5, 5.41) is 38.7. The number of hydrogen-bond donors (Lipinski definition) is 5. The number of aromatic amines is 1. The van der Waals surface area contributed by atoms with Crippen molar-refractivity contribution in [3.05, 3.63) is 32.6 Å². The molecule has 11 heteroatoms. The lowest BCUT2D eigenvalue weighted by molar-refractivity contribution is -0.286. The number of aryl methyl sites for hydroxylation is 1. The first-order valence-electron chi connectivity index (χ1n) is 8.21. The molecule has 7 atom stereocenters. The SMILES string of the molecule is Cc1cn([C@H]2C[C@H](O[C@@H]3OC[C@@H](O)[C@@H](O)[C@H]3O)[C@@H](CO)O2)c(=O)[nH]c1=O. The topological polar surface area (TPSA) is 163 Å². The van der Waals surface area contributed by atoms with Crippen molar-refractivity contribution >= 4 is 0 Å². The molecule has 146 valence electrons. The third kappa shape index (κ3) is 3.60. The summed E-state index contributed by atoms with van der Waals surface area (Å²) >= 11 is 0. The van der Waals surface area contributed by atoms with Gasteiger partial charge >= 0.3 is 5.69 Å². The number of H-pyrrole nitrogens is 1. The van der Waals surface area contributed by atoms with E-state index in [1.165, 1.54) is 10.8 Å². The van der Waals surface area contributed by atoms with Crippen LogP contribution < -0.4 is 11.2 Å². The molecule has 0 bridgehead atoms. The first kappa shape index (κ1) is 19.2. The van der Waals surface area contributed by atoms with Crippen molar-refractivity contribution < 1.29 is 34.6 Å². The Labute approximate surface area is 147 Å². The van der Waals surface area contributed by atoms with Crippen LogP contribution in [0.5, 0.6) is 0 Å². The lowest BCUT2D eigenvalue weighted by Gasteiger charge is -2.36. The Balaban J connectivity index is 1.75. The van der Waals surface area contributed by atoms with E-state index in [-0.39, 0.29) is 13.0 Å². The van der Waals surface area contributed by atoms with Gasteiger partial charge in [0, 0.05) is 18.2 Å². The first-order chi connectivity index (χ1) is 12.3. The average Bonchev–Trinajstić information content (AvgIpc) is 3.01. The molecule has 2 aliphatic rings. The second kappa shape index (κ2) is 7.56. The molecule has 3 heterocycles. The van der Waals surface area contributed by atoms with E-state index in [4.69, 9.17) is 14.2 Å². The molecule has 11 nitrogen and oxygen atoms in total. The molecular weight excluding hydrogens is 352 g/mol. The summed E-state index contributed by atoms with van der Waals surface area (Å²) in [4.78, 5) is 25.7. The van der Waals surface area contributed by atoms with E-state index < -0.39 is 60.9 Å². The van der Waals surface area contributed by atoms with E-state index in [1.54, 1.807) is 6.92 Å². The van der Waals surface area contributed by atoms with Gasteiger partial charge in [0.25, 0.3) is 5.56 Å². The minimum atomic E-state index is -1.48. The van der Waals surface area contributed by atoms with E-state index in [0.29, 0.717) is 5.56 Å². The van der Waals surface area contributed by atoms with Gasteiger partial charge in [-0.05, 0) is 6.92 Å². The summed E-state index contributed by atoms with van der Waals surface area (Å²) in [5.74, 6) is 0. The third-order valence-electron chi connectivity index (χ3n) is 4.58. The summed E-state index contributed by atoms with van der Waals surface area (Å²) in [6.45, 7) is 0.911. The smallest absolute Gasteiger partial charge is 0.330 e. The molecule has 0 saturated carbocycles. The molecule has 0 aliphatic carbocycles. The van der Waals surface area contributed by atoms with Crippen LogP contribution in [0.3, 0.4) is 0 Å². The van der Waals surface area contributed by atoms with E-state index in [9.17, 15) is 30.0 Å². The van der Waals surface area contributed by atoms with Crippen molar-refractivity contribution in [3.8, 4) is 0 Å². The zero-order valence-corrected chi connectivity index (χ0v) is 14.0. The summed E-state index contributed by atoms with van der Waals surface area (Å²) < 4.78 is 17.6. The van der Waals surface area contributed by atoms with Crippen LogP contribution in [-0.4, -0.2) is 80.0 Å². The fourth-order valence-electron chi connectivity index (χ4n) is 3.05. The fourth-order valence-corrected chi connectivity index (χ4v) is 3.05. The molecule has 26 heavy (non-hydrogen) atoms. The lowest BCUT2D eigenvalue weighted by Crippen LogP contribution is -2.55. The Bertz CT molecular complexity index is 747. The maximum absolute atomic E-state index is 12.0. The largest absolute Gasteiger partial charge is 0.394 e. The molecule has 0 spiro atoms. The van der Waals surface area contributed by atoms with Gasteiger partial charge in [-0.15, -0.1) is 0 Å². The zero-order valence-electron chi connectivity index (χ0n) is 14.0. The quantitative estimate of drug-likeness (QED) is 0.368. The Kier molecular flexibility index (Phi) is 5.58. The number of nitrogens with one attached hydrogen (secondary N) is 1. The van der Waals surface area contributed by atoms with Gasteiger partial charge in [-0.3, -0.25) is 14.3 Å². The fraction of sp³-hybridized carbons (Fsp3) is 0.733. The molecule has 2 saturated heterocycles. The van der Waals surface area contributed by atoms with Crippen LogP contribution >= 0.6 is 0 Å². The Morgan fingerprint density at radius 2 is 2.04 bits per heavy atom. The molecule has 2 fully saturated rings. The van der Waals surface area contributed by atoms with Gasteiger partial charge in [-0.25, -0.2) is 4.79 Å². The van der Waals surface area contributed by atoms with Crippen LogP contribution in [0.2, 0.25) is 0 Å². The van der Waals surface area contributed by atoms with E-state index in [0.717, 1.165) is 0 Å². The van der Waals surface area contributed by atoms with Gasteiger partial charge < -0.3 is 34.6 Å². The summed E-state index contributed by atoms with van der Waals surface area (Å²) in [5.41, 5.74) is -0.835. The summed E-state index contributed by atoms with van der Waals surface area (Å²) in [7, 11) is 0. The normalized spacial score (nSPS) is 37.8. The van der Waals surface area contributed by atoms with Crippen LogP contribution in [0.25, 0.3) is 0 Å². The monoisotopic (exact) mass is 374 g/mol. The number of aliphatic hydroxyl groups excluding tert-OH is 4. The number of nitrogens with zero attached hydrogens (tertiary/aromatic N) is 1. The minimum absolute atomic E-state index is 0.141. The lowest BCUT2D eigenvalue weighted by atomic mass is 10.1. The van der Waals surface area contributed by atoms with Crippen molar-refractivity contribution in [2.75, 3.05) is 13.2 Å². The van der Waals surface area contributed by atoms with Crippen LogP contribution in [-0.2, 0) is 14.2 Å². The highest BCUT2D eigenvalue weighted by Crippen LogP contribution is 2.32. The van der Waals surface area contributed by atoms with Gasteiger partial charge in [0.2, 0.25) is 0 Å². The summed E-state index contributed by atoms with van der Waals surface area (Å²) in [6, 6.07) is 0. The molecule has 0 aromatic carbocycles. The second-order valence-corrected chi connectivity index (χ2v) is 6.45. The Morgan fingerprint density at radius 3 is 2.73 bits per heavy atom. The van der Waals surface area contributed by atoms with Gasteiger partial charge in [0.05, 0.1) is 19.3 Å². The van der Waals surface area contributed by atoms with E-state index >= 15 is 0 Å². The number of aromatic nitrogens is 2. The van der Waals surface area contributed by atoms with Crippen molar-refractivity contribution in [2.45, 2.75) is 56.4 Å². The van der Waals surface area contributed by atoms with E-state index in [1.807, 2.05) is 0 Å². The van der Waals surface area contributed by atoms with Crippen molar-refractivity contribution in [1.29, 1.82) is 0 Å². The first-order valence-corrected chi connectivity index (χ1v) is 8.21. The Morgan fingerprint density at radius 1 is 1.31 bits per heavy atom. The highest BCUT2D eigenvalue weighted by Gasteiger charge is 2.44. The van der Waals surface area contributed by atoms with Gasteiger partial charge in [-0.1, -0.05) is 0 Å². The summed E-state index contributed by atoms with van der Waals surface area (Å²) in [6.07, 6.45) is -6.20. The molecule has 1 aromatic rings. The number of aliphatic hydroxyl groups is 4. The molecule has 5 N–H and O–H groups in total. The molecule has 0 unspecified atom stereocenters. The van der Waals surface area contributed by atoms with E-state index in [2.05, 4.69) is 4.98 Å². The van der Waals surface area contributed by atoms with Crippen molar-refractivity contribution in [1.82, 2.24) is 9.55 Å². The van der Waals surface area contributed by atoms with Crippen molar-refractivity contribution in [2.24, 2.45) is 0 Å². The van der Waals surface area contributed by atoms with Gasteiger partial charge in [0.15, 0.2) is 6.29 Å². The van der Waals surface area contributed by atoms with Crippen LogP contribution in [0.1, 0.15) is 18.2 Å². The zero-order chi connectivity index (χ0) is 19.0. The average molecular weight is 374 g/mol. The maximum Gasteiger partial charge on any atom is 0.330 e. The number of ether oxygens (including phenoxy) is 3. The van der Waals surface area contributed by atoms with Crippen LogP contribution in [0.4, 0.5) is 0 Å². The highest BCUT2D eigenvalue weighted by molar-refractivity contribution is 5.02. The maximum atomic E-state index is 12.0. The van der Waals surface area contributed by atoms with Crippen molar-refractivity contribution in [3.63, 3.8) is 0 Å². The molecular formula is C15H22N2O9. The second-order valence-electron chi connectivity index (χ2n) is 6.45.